The van der Waals surface area contributed by atoms with Crippen LogP contribution in [0.5, 0.6) is 0 Å². The lowest BCUT2D eigenvalue weighted by molar-refractivity contribution is -0.140. The highest BCUT2D eigenvalue weighted by Crippen LogP contribution is 2.31. The molecule has 2 aliphatic carbocycles. The van der Waals surface area contributed by atoms with Gasteiger partial charge in [-0.3, -0.25) is 19.2 Å². The van der Waals surface area contributed by atoms with Crippen LogP contribution in [0.25, 0.3) is 11.1 Å². The molecule has 4 atom stereocenters. The van der Waals surface area contributed by atoms with Crippen molar-refractivity contribution in [2.45, 2.75) is 147 Å². The fraction of sp³-hybridized carbons (Fsp3) is 0.588. The molecule has 4 unspecified atom stereocenters. The third-order valence-electron chi connectivity index (χ3n) is 14.7. The number of likely N-dealkylation sites (tertiary alicyclic amines) is 2. The summed E-state index contributed by atoms with van der Waals surface area (Å²) in [6, 6.07) is 13.6. The van der Waals surface area contributed by atoms with Crippen LogP contribution in [0.2, 0.25) is 0 Å². The summed E-state index contributed by atoms with van der Waals surface area (Å²) in [7, 11) is 4.29. The van der Waals surface area contributed by atoms with E-state index in [1.165, 1.54) is 44.6 Å². The summed E-state index contributed by atoms with van der Waals surface area (Å²) in [6.45, 7) is 6.37. The summed E-state index contributed by atoms with van der Waals surface area (Å²) in [6.07, 6.45) is 15.8. The van der Waals surface area contributed by atoms with Crippen molar-refractivity contribution in [2.75, 3.05) is 40.3 Å². The second kappa shape index (κ2) is 22.8. The fourth-order valence-corrected chi connectivity index (χ4v) is 11.0. The minimum Gasteiger partial charge on any atom is -0.480 e. The molecule has 2 aromatic heterocycles. The molecule has 66 heavy (non-hydrogen) atoms. The molecule has 1 aromatic carbocycles. The lowest BCUT2D eigenvalue weighted by Crippen LogP contribution is -2.46. The Morgan fingerprint density at radius 1 is 0.697 bits per heavy atom. The summed E-state index contributed by atoms with van der Waals surface area (Å²) >= 11 is 3.56. The molecule has 7 rings (SSSR count). The first-order valence-corrected chi connectivity index (χ1v) is 25.2. The third kappa shape index (κ3) is 12.0. The van der Waals surface area contributed by atoms with Crippen molar-refractivity contribution in [2.24, 2.45) is 5.92 Å². The van der Waals surface area contributed by atoms with Gasteiger partial charge in [0.05, 0.1) is 0 Å². The van der Waals surface area contributed by atoms with Crippen molar-refractivity contribution in [3.05, 3.63) is 81.3 Å². The largest absolute Gasteiger partial charge is 0.480 e. The number of pyridine rings is 2. The van der Waals surface area contributed by atoms with Gasteiger partial charge in [-0.25, -0.2) is 14.8 Å². The Balaban J connectivity index is 1.26. The number of carbonyl (C=O) groups is 5. The Hall–Kier alpha value is -4.73. The molecule has 3 N–H and O–H groups in total. The van der Waals surface area contributed by atoms with Crippen LogP contribution in [0, 0.1) is 5.92 Å². The number of carbonyl (C=O) groups excluding carboxylic acids is 4. The van der Waals surface area contributed by atoms with Gasteiger partial charge in [-0.1, -0.05) is 92.9 Å². The number of hydrogen-bond acceptors (Lipinski definition) is 9. The number of likely N-dealkylation sites (N-methyl/N-ethyl adjacent to an activating group) is 2. The number of halogens is 1. The van der Waals surface area contributed by atoms with Crippen LogP contribution in [-0.2, 0) is 11.3 Å². The Bertz CT molecular complexity index is 2210. The van der Waals surface area contributed by atoms with E-state index in [1.807, 2.05) is 41.0 Å². The van der Waals surface area contributed by atoms with Crippen LogP contribution in [-0.4, -0.2) is 135 Å². The van der Waals surface area contributed by atoms with Gasteiger partial charge in [0.25, 0.3) is 23.6 Å². The van der Waals surface area contributed by atoms with E-state index >= 15 is 0 Å². The zero-order valence-electron chi connectivity index (χ0n) is 39.3. The van der Waals surface area contributed by atoms with Gasteiger partial charge in [-0.15, -0.1) is 0 Å². The molecule has 2 saturated carbocycles. The van der Waals surface area contributed by atoms with Gasteiger partial charge in [0, 0.05) is 61.4 Å². The molecular weight excluding hydrogens is 901 g/mol. The lowest BCUT2D eigenvalue weighted by Gasteiger charge is -2.35. The number of hydrogen-bond donors (Lipinski definition) is 3. The molecule has 0 radical (unpaired) electrons. The van der Waals surface area contributed by atoms with E-state index < -0.39 is 23.8 Å². The quantitative estimate of drug-likeness (QED) is 0.121. The van der Waals surface area contributed by atoms with E-state index in [2.05, 4.69) is 55.4 Å². The molecule has 14 nitrogen and oxygen atoms in total. The second-order valence-electron chi connectivity index (χ2n) is 19.3. The first kappa shape index (κ1) is 49.2. The molecule has 4 heterocycles. The maximum atomic E-state index is 14.7. The van der Waals surface area contributed by atoms with Crippen LogP contribution < -0.4 is 10.6 Å². The molecule has 356 valence electrons. The smallest absolute Gasteiger partial charge is 0.326 e. The summed E-state index contributed by atoms with van der Waals surface area (Å²) in [5, 5.41) is 15.8. The number of carboxylic acid groups (broad SMARTS) is 1. The summed E-state index contributed by atoms with van der Waals surface area (Å²) < 4.78 is 0.834. The molecular formula is C51H69BrN8O6. The van der Waals surface area contributed by atoms with Gasteiger partial charge in [0.1, 0.15) is 28.8 Å². The van der Waals surface area contributed by atoms with Crippen molar-refractivity contribution >= 4 is 45.5 Å². The molecule has 4 aliphatic rings. The van der Waals surface area contributed by atoms with E-state index in [4.69, 9.17) is 4.98 Å². The lowest BCUT2D eigenvalue weighted by atomic mass is 9.94. The monoisotopic (exact) mass is 968 g/mol. The van der Waals surface area contributed by atoms with Crippen molar-refractivity contribution in [1.29, 1.82) is 0 Å². The minimum atomic E-state index is -1.19. The van der Waals surface area contributed by atoms with Crippen molar-refractivity contribution in [3.8, 4) is 11.1 Å². The van der Waals surface area contributed by atoms with Gasteiger partial charge < -0.3 is 35.3 Å². The molecule has 2 saturated heterocycles. The van der Waals surface area contributed by atoms with Crippen LogP contribution >= 0.6 is 15.9 Å². The number of nitrogens with zero attached hydrogens (tertiary/aromatic N) is 6. The van der Waals surface area contributed by atoms with Crippen LogP contribution in [0.1, 0.15) is 158 Å². The highest BCUT2D eigenvalue weighted by Gasteiger charge is 2.36. The first-order valence-electron chi connectivity index (χ1n) is 24.4. The van der Waals surface area contributed by atoms with Crippen molar-refractivity contribution < 1.29 is 29.1 Å². The number of nitrogens with one attached hydrogen (secondary N) is 2. The zero-order chi connectivity index (χ0) is 46.9. The van der Waals surface area contributed by atoms with Crippen LogP contribution in [0.4, 0.5) is 0 Å². The number of aliphatic carboxylic acids is 1. The number of carboxylic acids is 1. The summed E-state index contributed by atoms with van der Waals surface area (Å²) in [5.41, 5.74) is 1.58. The number of aromatic nitrogens is 2. The van der Waals surface area contributed by atoms with E-state index in [9.17, 15) is 29.1 Å². The topological polar surface area (TPSA) is 168 Å². The molecule has 4 amide bonds. The predicted molar refractivity (Wildman–Crippen MR) is 258 cm³/mol. The molecule has 4 fully saturated rings. The van der Waals surface area contributed by atoms with E-state index in [0.717, 1.165) is 74.5 Å². The fourth-order valence-electron chi connectivity index (χ4n) is 10.5. The normalized spacial score (nSPS) is 20.4. The van der Waals surface area contributed by atoms with E-state index in [-0.39, 0.29) is 59.1 Å². The molecule has 3 aromatic rings. The SMILES string of the molecule is CCC(C)C(NC(=O)c1cc(-c2cc(C(=O)NCc3ccccc3Br)nc(C(=O)N3CCCC3CN(C)C3CCCCC3)c2)cc(C(=O)N2CCCC2CN(C)C2CCCCC2)n1)C(=O)O. The standard InChI is InChI=1S/C51H69BrN8O6/c1-5-33(2)46(51(65)66)56-48(62)43-27-36(29-45(55-43)50(64)60-25-15-22-40(60)32-58(4)38-19-10-7-11-20-38)35-26-42(47(61)53-30-34-16-12-13-23-41(34)52)54-44(28-35)49(63)59-24-14-21-39(59)31-57(3)37-17-8-6-9-18-37/h12-13,16,23,26-29,33,37-40,46H,5-11,14-15,17-22,24-25,30-32H2,1-4H3,(H,53,61)(H,56,62)(H,65,66). The Morgan fingerprint density at radius 2 is 1.17 bits per heavy atom. The number of benzene rings is 1. The third-order valence-corrected chi connectivity index (χ3v) is 15.5. The maximum absolute atomic E-state index is 14.7. The molecule has 0 spiro atoms. The van der Waals surface area contributed by atoms with Gasteiger partial charge in [0.2, 0.25) is 0 Å². The number of rotatable bonds is 17. The molecule has 2 aliphatic heterocycles. The highest BCUT2D eigenvalue weighted by atomic mass is 79.9. The summed E-state index contributed by atoms with van der Waals surface area (Å²) in [4.78, 5) is 88.0. The average molecular weight is 970 g/mol. The Kier molecular flexibility index (Phi) is 17.0. The van der Waals surface area contributed by atoms with Gasteiger partial charge in [-0.05, 0) is 118 Å². The van der Waals surface area contributed by atoms with E-state index in [0.29, 0.717) is 42.7 Å². The first-order chi connectivity index (χ1) is 31.8. The average Bonchev–Trinajstić information content (AvgIpc) is 4.01. The molecule has 15 heteroatoms. The zero-order valence-corrected chi connectivity index (χ0v) is 40.9. The van der Waals surface area contributed by atoms with Gasteiger partial charge in [0.15, 0.2) is 0 Å². The highest BCUT2D eigenvalue weighted by molar-refractivity contribution is 9.10. The summed E-state index contributed by atoms with van der Waals surface area (Å²) in [5.74, 6) is -3.43. The molecule has 0 bridgehead atoms. The predicted octanol–water partition coefficient (Wildman–Crippen LogP) is 7.80. The van der Waals surface area contributed by atoms with Gasteiger partial charge in [-0.2, -0.15) is 0 Å². The maximum Gasteiger partial charge on any atom is 0.326 e. The van der Waals surface area contributed by atoms with Crippen LogP contribution in [0.15, 0.2) is 53.0 Å². The van der Waals surface area contributed by atoms with Crippen molar-refractivity contribution in [1.82, 2.24) is 40.2 Å². The van der Waals surface area contributed by atoms with Gasteiger partial charge >= 0.3 is 5.97 Å². The number of amides is 4. The Labute approximate surface area is 398 Å². The van der Waals surface area contributed by atoms with Crippen molar-refractivity contribution in [3.63, 3.8) is 0 Å². The second-order valence-corrected chi connectivity index (χ2v) is 20.1. The minimum absolute atomic E-state index is 0.00160. The van der Waals surface area contributed by atoms with Crippen LogP contribution in [0.3, 0.4) is 0 Å². The Morgan fingerprint density at radius 3 is 1.64 bits per heavy atom. The van der Waals surface area contributed by atoms with E-state index in [1.54, 1.807) is 25.1 Å².